The molecule has 1 fully saturated rings. The molecule has 5 heteroatoms. The van der Waals surface area contributed by atoms with Crippen LogP contribution in [0.2, 0.25) is 0 Å². The number of aromatic nitrogens is 2. The Morgan fingerprint density at radius 2 is 2.29 bits per heavy atom. The molecule has 1 N–H and O–H groups in total. The first-order chi connectivity index (χ1) is 8.22. The Bertz CT molecular complexity index is 574. The lowest BCUT2D eigenvalue weighted by Crippen LogP contribution is -2.24. The lowest BCUT2D eigenvalue weighted by Gasteiger charge is -1.99. The van der Waals surface area contributed by atoms with Gasteiger partial charge in [0.1, 0.15) is 11.5 Å². The van der Waals surface area contributed by atoms with Crippen LogP contribution < -0.4 is 5.32 Å². The molecule has 1 saturated carbocycles. The molecule has 0 saturated heterocycles. The van der Waals surface area contributed by atoms with Crippen molar-refractivity contribution in [2.24, 2.45) is 5.92 Å². The molecule has 0 aliphatic heterocycles. The average molecular weight is 233 g/mol. The Hall–Kier alpha value is -1.91. The number of carbonyl (C=O) groups is 1. The SMILES string of the molecule is O=C(NCc1cn2cc(F)ccc2n1)C1CC1. The molecule has 1 aliphatic rings. The van der Waals surface area contributed by atoms with E-state index >= 15 is 0 Å². The van der Waals surface area contributed by atoms with E-state index in [9.17, 15) is 9.18 Å². The van der Waals surface area contributed by atoms with Crippen LogP contribution in [0, 0.1) is 11.7 Å². The monoisotopic (exact) mass is 233 g/mol. The van der Waals surface area contributed by atoms with E-state index in [2.05, 4.69) is 10.3 Å². The highest BCUT2D eigenvalue weighted by Crippen LogP contribution is 2.28. The summed E-state index contributed by atoms with van der Waals surface area (Å²) in [5.74, 6) is -0.0128. The fraction of sp³-hybridized carbons (Fsp3) is 0.333. The summed E-state index contributed by atoms with van der Waals surface area (Å²) in [6.07, 6.45) is 5.07. The third-order valence-corrected chi connectivity index (χ3v) is 2.86. The molecule has 1 aliphatic carbocycles. The number of fused-ring (bicyclic) bond motifs is 1. The van der Waals surface area contributed by atoms with E-state index in [0.717, 1.165) is 18.5 Å². The molecule has 2 aromatic heterocycles. The van der Waals surface area contributed by atoms with Gasteiger partial charge in [0.15, 0.2) is 0 Å². The third-order valence-electron chi connectivity index (χ3n) is 2.86. The largest absolute Gasteiger partial charge is 0.350 e. The van der Waals surface area contributed by atoms with Gasteiger partial charge >= 0.3 is 0 Å². The first kappa shape index (κ1) is 10.3. The Morgan fingerprint density at radius 3 is 3.06 bits per heavy atom. The number of hydrogen-bond donors (Lipinski definition) is 1. The van der Waals surface area contributed by atoms with Gasteiger partial charge in [0.05, 0.1) is 12.2 Å². The minimum atomic E-state index is -0.302. The summed E-state index contributed by atoms with van der Waals surface area (Å²) < 4.78 is 14.6. The molecule has 2 aromatic rings. The second kappa shape index (κ2) is 3.84. The van der Waals surface area contributed by atoms with Gasteiger partial charge < -0.3 is 9.72 Å². The molecule has 0 atom stereocenters. The van der Waals surface area contributed by atoms with Crippen LogP contribution in [0.15, 0.2) is 24.5 Å². The van der Waals surface area contributed by atoms with Gasteiger partial charge in [0.25, 0.3) is 0 Å². The Labute approximate surface area is 97.5 Å². The molecule has 88 valence electrons. The van der Waals surface area contributed by atoms with E-state index in [-0.39, 0.29) is 17.6 Å². The molecule has 4 nitrogen and oxygen atoms in total. The van der Waals surface area contributed by atoms with Crippen LogP contribution in [0.1, 0.15) is 18.5 Å². The Balaban J connectivity index is 1.74. The molecule has 0 radical (unpaired) electrons. The van der Waals surface area contributed by atoms with Crippen molar-refractivity contribution in [1.82, 2.24) is 14.7 Å². The number of nitrogens with zero attached hydrogens (tertiary/aromatic N) is 2. The van der Waals surface area contributed by atoms with Crippen molar-refractivity contribution < 1.29 is 9.18 Å². The number of amides is 1. The quantitative estimate of drug-likeness (QED) is 0.873. The lowest BCUT2D eigenvalue weighted by molar-refractivity contribution is -0.122. The smallest absolute Gasteiger partial charge is 0.223 e. The first-order valence-corrected chi connectivity index (χ1v) is 5.63. The maximum absolute atomic E-state index is 13.0. The van der Waals surface area contributed by atoms with Crippen LogP contribution in [0.25, 0.3) is 5.65 Å². The van der Waals surface area contributed by atoms with Gasteiger partial charge in [0.2, 0.25) is 5.91 Å². The maximum Gasteiger partial charge on any atom is 0.223 e. The molecular formula is C12H12FN3O. The summed E-state index contributed by atoms with van der Waals surface area (Å²) in [4.78, 5) is 15.7. The zero-order chi connectivity index (χ0) is 11.8. The van der Waals surface area contributed by atoms with E-state index in [1.165, 1.54) is 12.3 Å². The summed E-state index contributed by atoms with van der Waals surface area (Å²) in [5.41, 5.74) is 1.42. The number of pyridine rings is 1. The predicted molar refractivity (Wildman–Crippen MR) is 59.7 cm³/mol. The van der Waals surface area contributed by atoms with Crippen LogP contribution in [-0.2, 0) is 11.3 Å². The highest BCUT2D eigenvalue weighted by molar-refractivity contribution is 5.80. The Kier molecular flexibility index (Phi) is 2.31. The van der Waals surface area contributed by atoms with Crippen molar-refractivity contribution in [2.45, 2.75) is 19.4 Å². The summed E-state index contributed by atoms with van der Waals surface area (Å²) in [5, 5.41) is 2.83. The van der Waals surface area contributed by atoms with Crippen molar-refractivity contribution >= 4 is 11.6 Å². The molecule has 2 heterocycles. The molecule has 0 bridgehead atoms. The molecule has 17 heavy (non-hydrogen) atoms. The van der Waals surface area contributed by atoms with Crippen molar-refractivity contribution in [3.05, 3.63) is 36.0 Å². The maximum atomic E-state index is 13.0. The molecule has 0 spiro atoms. The highest BCUT2D eigenvalue weighted by Gasteiger charge is 2.29. The Morgan fingerprint density at radius 1 is 1.47 bits per heavy atom. The number of halogens is 1. The topological polar surface area (TPSA) is 46.4 Å². The first-order valence-electron chi connectivity index (χ1n) is 5.63. The van der Waals surface area contributed by atoms with Gasteiger partial charge in [-0.3, -0.25) is 4.79 Å². The summed E-state index contributed by atoms with van der Waals surface area (Å²) in [6, 6.07) is 2.98. The molecular weight excluding hydrogens is 221 g/mol. The van der Waals surface area contributed by atoms with Crippen LogP contribution in [0.4, 0.5) is 4.39 Å². The third kappa shape index (κ3) is 2.13. The fourth-order valence-corrected chi connectivity index (χ4v) is 1.77. The number of carbonyl (C=O) groups excluding carboxylic acids is 1. The van der Waals surface area contributed by atoms with E-state index in [0.29, 0.717) is 12.2 Å². The minimum Gasteiger partial charge on any atom is -0.350 e. The normalized spacial score (nSPS) is 15.1. The zero-order valence-corrected chi connectivity index (χ0v) is 9.19. The van der Waals surface area contributed by atoms with Crippen LogP contribution in [0.5, 0.6) is 0 Å². The lowest BCUT2D eigenvalue weighted by atomic mass is 10.4. The second-order valence-corrected chi connectivity index (χ2v) is 4.34. The molecule has 3 rings (SSSR count). The van der Waals surface area contributed by atoms with Gasteiger partial charge in [-0.15, -0.1) is 0 Å². The van der Waals surface area contributed by atoms with Gasteiger partial charge in [-0.25, -0.2) is 9.37 Å². The van der Waals surface area contributed by atoms with Crippen molar-refractivity contribution in [1.29, 1.82) is 0 Å². The summed E-state index contributed by atoms with van der Waals surface area (Å²) in [7, 11) is 0. The van der Waals surface area contributed by atoms with E-state index < -0.39 is 0 Å². The minimum absolute atomic E-state index is 0.0910. The molecule has 0 unspecified atom stereocenters. The van der Waals surface area contributed by atoms with Crippen LogP contribution in [0.3, 0.4) is 0 Å². The molecule has 1 amide bonds. The number of hydrogen-bond acceptors (Lipinski definition) is 2. The predicted octanol–water partition coefficient (Wildman–Crippen LogP) is 1.50. The second-order valence-electron chi connectivity index (χ2n) is 4.34. The highest BCUT2D eigenvalue weighted by atomic mass is 19.1. The number of rotatable bonds is 3. The van der Waals surface area contributed by atoms with Crippen LogP contribution >= 0.6 is 0 Å². The number of imidazole rings is 1. The van der Waals surface area contributed by atoms with E-state index in [4.69, 9.17) is 0 Å². The molecule has 0 aromatic carbocycles. The summed E-state index contributed by atoms with van der Waals surface area (Å²) >= 11 is 0. The van der Waals surface area contributed by atoms with Crippen LogP contribution in [-0.4, -0.2) is 15.3 Å². The average Bonchev–Trinajstić information content (AvgIpc) is 3.07. The van der Waals surface area contributed by atoms with Crippen molar-refractivity contribution in [3.8, 4) is 0 Å². The van der Waals surface area contributed by atoms with Crippen molar-refractivity contribution in [3.63, 3.8) is 0 Å². The van der Waals surface area contributed by atoms with Gasteiger partial charge in [-0.2, -0.15) is 0 Å². The van der Waals surface area contributed by atoms with Crippen molar-refractivity contribution in [2.75, 3.05) is 0 Å². The van der Waals surface area contributed by atoms with Gasteiger partial charge in [-0.05, 0) is 25.0 Å². The standard InChI is InChI=1S/C12H12FN3O/c13-9-3-4-11-15-10(7-16(11)6-9)5-14-12(17)8-1-2-8/h3-4,6-8H,1-2,5H2,(H,14,17). The zero-order valence-electron chi connectivity index (χ0n) is 9.19. The number of nitrogens with one attached hydrogen (secondary N) is 1. The fourth-order valence-electron chi connectivity index (χ4n) is 1.77. The van der Waals surface area contributed by atoms with E-state index in [1.54, 1.807) is 16.7 Å². The van der Waals surface area contributed by atoms with E-state index in [1.807, 2.05) is 0 Å². The summed E-state index contributed by atoms with van der Waals surface area (Å²) in [6.45, 7) is 0.401. The van der Waals surface area contributed by atoms with Gasteiger partial charge in [-0.1, -0.05) is 0 Å². The van der Waals surface area contributed by atoms with Gasteiger partial charge in [0, 0.05) is 18.3 Å².